The Morgan fingerprint density at radius 1 is 0.449 bits per heavy atom. The maximum atomic E-state index is 13.5. The van der Waals surface area contributed by atoms with Crippen LogP contribution in [-0.4, -0.2) is 99.4 Å². The largest absolute Gasteiger partial charge is 0.507 e. The van der Waals surface area contributed by atoms with Crippen LogP contribution in [0, 0.1) is 0 Å². The number of aromatic hydroxyl groups is 3. The van der Waals surface area contributed by atoms with Gasteiger partial charge in [0, 0.05) is 50.7 Å². The number of ether oxygens (including phenoxy) is 3. The number of phenolic OH excluding ortho intramolecular Hbond substituents is 3. The molecule has 0 spiro atoms. The number of para-hydroxylation sites is 3. The zero-order valence-corrected chi connectivity index (χ0v) is 40.4. The van der Waals surface area contributed by atoms with Crippen LogP contribution in [0.15, 0.2) is 104 Å². The third-order valence-corrected chi connectivity index (χ3v) is 12.6. The number of hydrogen-bond acceptors (Lipinski definition) is 18. The molecule has 366 valence electrons. The van der Waals surface area contributed by atoms with Crippen molar-refractivity contribution in [3.63, 3.8) is 0 Å². The molecule has 0 aliphatic heterocycles. The Bertz CT molecular complexity index is 2480. The number of aromatic nitrogens is 3. The minimum atomic E-state index is -1.11. The monoisotopic (exact) mass is 1010 g/mol. The van der Waals surface area contributed by atoms with Gasteiger partial charge in [-0.3, -0.25) is 28.8 Å². The van der Waals surface area contributed by atoms with Crippen molar-refractivity contribution in [1.29, 1.82) is 0 Å². The van der Waals surface area contributed by atoms with E-state index in [2.05, 4.69) is 0 Å². The lowest BCUT2D eigenvalue weighted by Gasteiger charge is -2.14. The molecule has 0 radical (unpaired) electrons. The summed E-state index contributed by atoms with van der Waals surface area (Å²) in [5.74, 6) is -2.14. The number of nitrogens with zero attached hydrogens (tertiary/aromatic N) is 3. The summed E-state index contributed by atoms with van der Waals surface area (Å²) in [4.78, 5) is 116. The quantitative estimate of drug-likeness (QED) is 0.0464. The van der Waals surface area contributed by atoms with Crippen LogP contribution in [0.3, 0.4) is 0 Å². The maximum Gasteiger partial charge on any atom is 0.336 e. The van der Waals surface area contributed by atoms with E-state index < -0.39 is 74.4 Å². The molecule has 4 aromatic rings. The SMILES string of the molecule is C/C(=C\c1ccccc1O)C(=O)SCCC(=O)OCCn1c(=O)n(CCOC(=O)CCSC(=O)/C(C)=C/c2ccccc2O)c(=O)n(CCOC(=O)CCSC(=O)/C(C)=C/c2ccccc2O)c1=O. The van der Waals surface area contributed by atoms with Crippen LogP contribution in [-0.2, 0) is 62.6 Å². The lowest BCUT2D eigenvalue weighted by molar-refractivity contribution is -0.144. The minimum Gasteiger partial charge on any atom is -0.507 e. The number of carbonyl (C=O) groups excluding carboxylic acids is 6. The first-order chi connectivity index (χ1) is 33.0. The van der Waals surface area contributed by atoms with Crippen molar-refractivity contribution in [2.45, 2.75) is 59.7 Å². The molecule has 4 rings (SSSR count). The first-order valence-electron chi connectivity index (χ1n) is 21.3. The van der Waals surface area contributed by atoms with Gasteiger partial charge in [-0.1, -0.05) is 89.9 Å². The lowest BCUT2D eigenvalue weighted by atomic mass is 10.1. The van der Waals surface area contributed by atoms with Crippen LogP contribution in [0.4, 0.5) is 0 Å². The molecule has 1 aromatic heterocycles. The van der Waals surface area contributed by atoms with Crippen LogP contribution in [0.25, 0.3) is 18.2 Å². The summed E-state index contributed by atoms with van der Waals surface area (Å²) in [6.45, 7) is 1.70. The molecule has 0 saturated carbocycles. The van der Waals surface area contributed by atoms with Crippen molar-refractivity contribution in [2.24, 2.45) is 0 Å². The van der Waals surface area contributed by atoms with Crippen molar-refractivity contribution in [3.8, 4) is 17.2 Å². The predicted octanol–water partition coefficient (Wildman–Crippen LogP) is 5.18. The molecule has 0 amide bonds. The Balaban J connectivity index is 1.35. The molecule has 18 nitrogen and oxygen atoms in total. The third kappa shape index (κ3) is 17.6. The number of thioether (sulfide) groups is 3. The molecule has 0 fully saturated rings. The highest BCUT2D eigenvalue weighted by atomic mass is 32.2. The number of benzene rings is 3. The Kier molecular flexibility index (Phi) is 22.1. The Hall–Kier alpha value is -6.84. The van der Waals surface area contributed by atoms with E-state index in [4.69, 9.17) is 14.2 Å². The van der Waals surface area contributed by atoms with Crippen LogP contribution >= 0.6 is 35.3 Å². The van der Waals surface area contributed by atoms with E-state index in [1.54, 1.807) is 75.4 Å². The van der Waals surface area contributed by atoms with Gasteiger partial charge in [-0.15, -0.1) is 0 Å². The second kappa shape index (κ2) is 27.8. The first kappa shape index (κ1) is 54.8. The fraction of sp³-hybridized carbons (Fsp3) is 0.312. The molecule has 0 bridgehead atoms. The normalized spacial score (nSPS) is 11.8. The summed E-state index contributed by atoms with van der Waals surface area (Å²) in [6, 6.07) is 19.4. The van der Waals surface area contributed by atoms with Crippen molar-refractivity contribution in [2.75, 3.05) is 37.1 Å². The number of phenols is 3. The Labute approximate surface area is 408 Å². The van der Waals surface area contributed by atoms with Gasteiger partial charge in [0.25, 0.3) is 0 Å². The van der Waals surface area contributed by atoms with E-state index in [9.17, 15) is 58.5 Å². The van der Waals surface area contributed by atoms with Crippen molar-refractivity contribution < 1.29 is 58.3 Å². The number of rotatable bonds is 24. The van der Waals surface area contributed by atoms with Gasteiger partial charge >= 0.3 is 35.0 Å². The van der Waals surface area contributed by atoms with E-state index in [-0.39, 0.29) is 69.1 Å². The molecule has 1 heterocycles. The van der Waals surface area contributed by atoms with E-state index >= 15 is 0 Å². The summed E-state index contributed by atoms with van der Waals surface area (Å²) in [5, 5.41) is 28.9. The van der Waals surface area contributed by atoms with Crippen molar-refractivity contribution >= 4 is 86.8 Å². The van der Waals surface area contributed by atoms with Gasteiger partial charge in [0.1, 0.15) is 37.1 Å². The number of esters is 3. The van der Waals surface area contributed by atoms with Gasteiger partial charge in [-0.25, -0.2) is 28.1 Å². The molecular formula is C48H51N3O15S3. The summed E-state index contributed by atoms with van der Waals surface area (Å²) < 4.78 is 17.6. The van der Waals surface area contributed by atoms with E-state index in [1.165, 1.54) is 36.4 Å². The lowest BCUT2D eigenvalue weighted by Crippen LogP contribution is -2.55. The molecule has 21 heteroatoms. The Morgan fingerprint density at radius 2 is 0.696 bits per heavy atom. The fourth-order valence-electron chi connectivity index (χ4n) is 5.95. The predicted molar refractivity (Wildman–Crippen MR) is 264 cm³/mol. The summed E-state index contributed by atoms with van der Waals surface area (Å²) >= 11 is 2.55. The van der Waals surface area contributed by atoms with Gasteiger partial charge in [0.05, 0.1) is 38.9 Å². The number of carbonyl (C=O) groups is 6. The van der Waals surface area contributed by atoms with Gasteiger partial charge in [0.2, 0.25) is 15.3 Å². The average molecular weight is 1010 g/mol. The topological polar surface area (TPSA) is 257 Å². The maximum absolute atomic E-state index is 13.5. The second-order valence-corrected chi connectivity index (χ2v) is 18.0. The molecule has 3 N–H and O–H groups in total. The van der Waals surface area contributed by atoms with Crippen molar-refractivity contribution in [3.05, 3.63) is 138 Å². The van der Waals surface area contributed by atoms with Crippen LogP contribution in [0.1, 0.15) is 56.7 Å². The van der Waals surface area contributed by atoms with E-state index in [1.807, 2.05) is 0 Å². The van der Waals surface area contributed by atoms with Gasteiger partial charge in [-0.05, 0) is 57.2 Å². The molecule has 0 atom stereocenters. The van der Waals surface area contributed by atoms with Crippen molar-refractivity contribution in [1.82, 2.24) is 13.7 Å². The van der Waals surface area contributed by atoms with Crippen LogP contribution < -0.4 is 17.1 Å². The first-order valence-corrected chi connectivity index (χ1v) is 24.2. The summed E-state index contributed by atoms with van der Waals surface area (Å²) in [7, 11) is 0. The fourth-order valence-corrected chi connectivity index (χ4v) is 8.18. The Morgan fingerprint density at radius 3 is 0.942 bits per heavy atom. The molecule has 0 saturated heterocycles. The number of hydrogen-bond donors (Lipinski definition) is 3. The van der Waals surface area contributed by atoms with Gasteiger partial charge in [-0.2, -0.15) is 0 Å². The van der Waals surface area contributed by atoms with Gasteiger partial charge in [0.15, 0.2) is 0 Å². The van der Waals surface area contributed by atoms with Gasteiger partial charge < -0.3 is 29.5 Å². The molecule has 0 unspecified atom stereocenters. The molecule has 0 aliphatic rings. The third-order valence-electron chi connectivity index (χ3n) is 9.63. The van der Waals surface area contributed by atoms with Crippen LogP contribution in [0.2, 0.25) is 0 Å². The standard InChI is InChI=1S/C48H51N3O15S3/c1-31(28-34-10-4-7-13-37(34)52)43(58)67-25-16-40(55)64-22-19-49-46(61)50(20-23-65-41(56)17-26-68-44(59)32(2)29-35-11-5-8-14-38(35)53)48(63)51(47(49)62)21-24-66-42(57)18-27-69-45(60)33(3)30-36-12-6-9-15-39(36)54/h4-15,28-30,52-54H,16-27H2,1-3H3/b31-28+,32-29+,33-30+. The second-order valence-electron chi connectivity index (χ2n) is 14.8. The summed E-state index contributed by atoms with van der Waals surface area (Å²) in [5.41, 5.74) is -0.996. The summed E-state index contributed by atoms with van der Waals surface area (Å²) in [6.07, 6.45) is 3.91. The van der Waals surface area contributed by atoms with E-state index in [0.717, 1.165) is 35.3 Å². The smallest absolute Gasteiger partial charge is 0.336 e. The molecule has 3 aromatic carbocycles. The highest BCUT2D eigenvalue weighted by molar-refractivity contribution is 8.14. The highest BCUT2D eigenvalue weighted by Gasteiger charge is 2.19. The zero-order chi connectivity index (χ0) is 50.5. The zero-order valence-electron chi connectivity index (χ0n) is 38.0. The van der Waals surface area contributed by atoms with E-state index in [0.29, 0.717) is 47.1 Å². The highest BCUT2D eigenvalue weighted by Crippen LogP contribution is 2.24. The molecule has 0 aliphatic carbocycles. The average Bonchev–Trinajstić information content (AvgIpc) is 3.31. The molecule has 69 heavy (non-hydrogen) atoms. The minimum absolute atomic E-state index is 0.00172. The van der Waals surface area contributed by atoms with Crippen LogP contribution in [0.5, 0.6) is 17.2 Å². The molecular weight excluding hydrogens is 955 g/mol.